The smallest absolute Gasteiger partial charge is 0.0222 e. The van der Waals surface area contributed by atoms with Gasteiger partial charge in [0.2, 0.25) is 0 Å². The Morgan fingerprint density at radius 1 is 1.36 bits per heavy atom. The lowest BCUT2D eigenvalue weighted by atomic mass is 10.1. The van der Waals surface area contributed by atoms with Crippen LogP contribution in [0.1, 0.15) is 33.6 Å². The Labute approximate surface area is 88.4 Å². The molecule has 0 spiro atoms. The maximum Gasteiger partial charge on any atom is 0.0222 e. The molecule has 2 unspecified atom stereocenters. The highest BCUT2D eigenvalue weighted by atomic mass is 15.2. The second-order valence-corrected chi connectivity index (χ2v) is 4.10. The second-order valence-electron chi connectivity index (χ2n) is 4.10. The lowest BCUT2D eigenvalue weighted by molar-refractivity contribution is 0.139. The molecule has 82 valence electrons. The van der Waals surface area contributed by atoms with E-state index in [-0.39, 0.29) is 0 Å². The van der Waals surface area contributed by atoms with E-state index in [2.05, 4.69) is 43.1 Å². The lowest BCUT2D eigenvalue weighted by Gasteiger charge is -2.39. The van der Waals surface area contributed by atoms with E-state index in [1.165, 1.54) is 19.4 Å². The number of rotatable bonds is 4. The van der Waals surface area contributed by atoms with Crippen LogP contribution in [0.5, 0.6) is 0 Å². The van der Waals surface area contributed by atoms with Crippen molar-refractivity contribution in [2.75, 3.05) is 19.6 Å². The average molecular weight is 196 g/mol. The lowest BCUT2D eigenvalue weighted by Crippen LogP contribution is -2.55. The maximum atomic E-state index is 3.61. The van der Waals surface area contributed by atoms with Crippen molar-refractivity contribution in [3.63, 3.8) is 0 Å². The van der Waals surface area contributed by atoms with Crippen molar-refractivity contribution in [2.45, 2.75) is 45.7 Å². The van der Waals surface area contributed by atoms with Gasteiger partial charge in [-0.15, -0.1) is 0 Å². The van der Waals surface area contributed by atoms with Crippen LogP contribution in [0.2, 0.25) is 0 Å². The van der Waals surface area contributed by atoms with E-state index in [0.29, 0.717) is 6.04 Å². The van der Waals surface area contributed by atoms with E-state index in [1.54, 1.807) is 0 Å². The zero-order valence-corrected chi connectivity index (χ0v) is 9.79. The molecule has 0 saturated carbocycles. The largest absolute Gasteiger partial charge is 0.311 e. The molecule has 1 fully saturated rings. The first kappa shape index (κ1) is 11.7. The summed E-state index contributed by atoms with van der Waals surface area (Å²) in [7, 11) is 0. The summed E-state index contributed by atoms with van der Waals surface area (Å²) in [6.45, 7) is 10.1. The summed E-state index contributed by atoms with van der Waals surface area (Å²) in [5.74, 6) is 0. The van der Waals surface area contributed by atoms with E-state index in [1.807, 2.05) is 0 Å². The van der Waals surface area contributed by atoms with E-state index >= 15 is 0 Å². The number of hydrogen-bond donors (Lipinski definition) is 1. The molecular formula is C12H24N2. The molecule has 2 atom stereocenters. The highest BCUT2D eigenvalue weighted by molar-refractivity contribution is 4.90. The Bertz CT molecular complexity index is 177. The van der Waals surface area contributed by atoms with Gasteiger partial charge in [-0.3, -0.25) is 4.90 Å². The van der Waals surface area contributed by atoms with Crippen molar-refractivity contribution >= 4 is 0 Å². The van der Waals surface area contributed by atoms with Gasteiger partial charge in [-0.25, -0.2) is 0 Å². The maximum absolute atomic E-state index is 3.61. The zero-order valence-electron chi connectivity index (χ0n) is 9.79. The standard InChI is InChI=1S/C12H24N2/c1-4-7-8-14-10-11(5-2)13-9-12(14)6-3/h4,7,11-13H,5-6,8-10H2,1-3H3. The molecule has 0 aliphatic carbocycles. The van der Waals surface area contributed by atoms with Crippen LogP contribution in [0.25, 0.3) is 0 Å². The van der Waals surface area contributed by atoms with Gasteiger partial charge in [0, 0.05) is 31.7 Å². The van der Waals surface area contributed by atoms with Crippen molar-refractivity contribution in [1.29, 1.82) is 0 Å². The van der Waals surface area contributed by atoms with Crippen LogP contribution in [-0.4, -0.2) is 36.6 Å². The van der Waals surface area contributed by atoms with Gasteiger partial charge in [0.25, 0.3) is 0 Å². The van der Waals surface area contributed by atoms with Gasteiger partial charge >= 0.3 is 0 Å². The van der Waals surface area contributed by atoms with Crippen LogP contribution in [0, 0.1) is 0 Å². The first-order valence-corrected chi connectivity index (χ1v) is 5.90. The molecule has 0 aromatic carbocycles. The van der Waals surface area contributed by atoms with E-state index in [4.69, 9.17) is 0 Å². The summed E-state index contributed by atoms with van der Waals surface area (Å²) in [4.78, 5) is 2.60. The van der Waals surface area contributed by atoms with Crippen LogP contribution in [0.4, 0.5) is 0 Å². The molecule has 0 aromatic rings. The summed E-state index contributed by atoms with van der Waals surface area (Å²) >= 11 is 0. The summed E-state index contributed by atoms with van der Waals surface area (Å²) < 4.78 is 0. The number of piperazine rings is 1. The molecule has 1 saturated heterocycles. The molecule has 0 aromatic heterocycles. The van der Waals surface area contributed by atoms with Gasteiger partial charge < -0.3 is 5.32 Å². The second kappa shape index (κ2) is 6.20. The molecule has 0 amide bonds. The Morgan fingerprint density at radius 2 is 2.14 bits per heavy atom. The molecule has 1 aliphatic heterocycles. The molecule has 0 bridgehead atoms. The molecule has 1 heterocycles. The molecule has 14 heavy (non-hydrogen) atoms. The normalized spacial score (nSPS) is 29.9. The highest BCUT2D eigenvalue weighted by Crippen LogP contribution is 2.11. The van der Waals surface area contributed by atoms with Crippen LogP contribution in [0.3, 0.4) is 0 Å². The number of allylic oxidation sites excluding steroid dienone is 1. The van der Waals surface area contributed by atoms with Crippen LogP contribution >= 0.6 is 0 Å². The van der Waals surface area contributed by atoms with Gasteiger partial charge in [-0.05, 0) is 19.8 Å². The summed E-state index contributed by atoms with van der Waals surface area (Å²) in [6, 6.07) is 1.43. The topological polar surface area (TPSA) is 15.3 Å². The Balaban J connectivity index is 2.46. The summed E-state index contributed by atoms with van der Waals surface area (Å²) in [6.07, 6.45) is 6.90. The predicted octanol–water partition coefficient (Wildman–Crippen LogP) is 2.02. The quantitative estimate of drug-likeness (QED) is 0.692. The van der Waals surface area contributed by atoms with E-state index < -0.39 is 0 Å². The molecule has 0 radical (unpaired) electrons. The monoisotopic (exact) mass is 196 g/mol. The third-order valence-electron chi connectivity index (χ3n) is 3.15. The van der Waals surface area contributed by atoms with Crippen molar-refractivity contribution in [3.8, 4) is 0 Å². The minimum absolute atomic E-state index is 0.697. The molecule has 2 nitrogen and oxygen atoms in total. The Hall–Kier alpha value is -0.340. The minimum atomic E-state index is 0.697. The van der Waals surface area contributed by atoms with Gasteiger partial charge in [-0.2, -0.15) is 0 Å². The van der Waals surface area contributed by atoms with Gasteiger partial charge in [0.1, 0.15) is 0 Å². The fourth-order valence-electron chi connectivity index (χ4n) is 2.07. The van der Waals surface area contributed by atoms with Gasteiger partial charge in [0.15, 0.2) is 0 Å². The Morgan fingerprint density at radius 3 is 2.71 bits per heavy atom. The molecule has 2 heteroatoms. The first-order valence-electron chi connectivity index (χ1n) is 5.90. The number of nitrogens with one attached hydrogen (secondary N) is 1. The van der Waals surface area contributed by atoms with Crippen molar-refractivity contribution in [3.05, 3.63) is 12.2 Å². The molecule has 1 rings (SSSR count). The predicted molar refractivity (Wildman–Crippen MR) is 62.5 cm³/mol. The van der Waals surface area contributed by atoms with Gasteiger partial charge in [-0.1, -0.05) is 26.0 Å². The van der Waals surface area contributed by atoms with Crippen molar-refractivity contribution in [2.24, 2.45) is 0 Å². The molecule has 1 aliphatic rings. The number of nitrogens with zero attached hydrogens (tertiary/aromatic N) is 1. The van der Waals surface area contributed by atoms with E-state index in [0.717, 1.165) is 19.1 Å². The Kier molecular flexibility index (Phi) is 5.20. The molecular weight excluding hydrogens is 172 g/mol. The summed E-state index contributed by atoms with van der Waals surface area (Å²) in [5, 5.41) is 3.61. The van der Waals surface area contributed by atoms with Crippen LogP contribution < -0.4 is 5.32 Å². The fraction of sp³-hybridized carbons (Fsp3) is 0.833. The SMILES string of the molecule is CC=CCN1CC(CC)NCC1CC. The van der Waals surface area contributed by atoms with Crippen molar-refractivity contribution in [1.82, 2.24) is 10.2 Å². The average Bonchev–Trinajstić information content (AvgIpc) is 2.25. The fourth-order valence-corrected chi connectivity index (χ4v) is 2.07. The number of hydrogen-bond acceptors (Lipinski definition) is 2. The van der Waals surface area contributed by atoms with E-state index in [9.17, 15) is 0 Å². The van der Waals surface area contributed by atoms with Crippen molar-refractivity contribution < 1.29 is 0 Å². The van der Waals surface area contributed by atoms with Crippen LogP contribution in [0.15, 0.2) is 12.2 Å². The van der Waals surface area contributed by atoms with Crippen LogP contribution in [-0.2, 0) is 0 Å². The minimum Gasteiger partial charge on any atom is -0.311 e. The zero-order chi connectivity index (χ0) is 10.4. The first-order chi connectivity index (χ1) is 6.81. The van der Waals surface area contributed by atoms with Gasteiger partial charge in [0.05, 0.1) is 0 Å². The third kappa shape index (κ3) is 3.10. The third-order valence-corrected chi connectivity index (χ3v) is 3.15. The highest BCUT2D eigenvalue weighted by Gasteiger charge is 2.24. The summed E-state index contributed by atoms with van der Waals surface area (Å²) in [5.41, 5.74) is 0. The molecule has 1 N–H and O–H groups in total.